The Balaban J connectivity index is 2.29. The molecular formula is C12H15BrN2O. The quantitative estimate of drug-likeness (QED) is 0.901. The van der Waals surface area contributed by atoms with E-state index in [1.165, 1.54) is 5.56 Å². The van der Waals surface area contributed by atoms with Crippen molar-refractivity contribution >= 4 is 27.5 Å². The molecule has 1 aliphatic rings. The number of hydrogen-bond acceptors (Lipinski definition) is 2. The van der Waals surface area contributed by atoms with Gasteiger partial charge in [0.05, 0.1) is 11.7 Å². The second-order valence-corrected chi connectivity index (χ2v) is 4.93. The average Bonchev–Trinajstić information content (AvgIpc) is 2.60. The molecule has 1 N–H and O–H groups in total. The molecule has 1 saturated heterocycles. The van der Waals surface area contributed by atoms with E-state index in [0.717, 1.165) is 23.1 Å². The van der Waals surface area contributed by atoms with Gasteiger partial charge < -0.3 is 10.2 Å². The monoisotopic (exact) mass is 282 g/mol. The smallest absolute Gasteiger partial charge is 0.244 e. The third-order valence-electron chi connectivity index (χ3n) is 2.95. The van der Waals surface area contributed by atoms with Crippen molar-refractivity contribution in [2.75, 3.05) is 18.5 Å². The first-order valence-electron chi connectivity index (χ1n) is 5.38. The van der Waals surface area contributed by atoms with Gasteiger partial charge in [0, 0.05) is 11.0 Å². The van der Waals surface area contributed by atoms with Gasteiger partial charge >= 0.3 is 0 Å². The lowest BCUT2D eigenvalue weighted by atomic mass is 10.2. The molecule has 2 rings (SSSR count). The van der Waals surface area contributed by atoms with Crippen LogP contribution in [0.4, 0.5) is 5.69 Å². The normalized spacial score (nSPS) is 20.6. The summed E-state index contributed by atoms with van der Waals surface area (Å²) in [5.41, 5.74) is 2.15. The van der Waals surface area contributed by atoms with Crippen molar-refractivity contribution in [1.29, 1.82) is 0 Å². The molecule has 0 spiro atoms. The van der Waals surface area contributed by atoms with Crippen molar-refractivity contribution in [1.82, 2.24) is 5.32 Å². The van der Waals surface area contributed by atoms with Gasteiger partial charge in [0.2, 0.25) is 5.91 Å². The Kier molecular flexibility index (Phi) is 3.30. The molecule has 0 bridgehead atoms. The summed E-state index contributed by atoms with van der Waals surface area (Å²) in [7, 11) is 1.83. The van der Waals surface area contributed by atoms with Crippen molar-refractivity contribution in [3.63, 3.8) is 0 Å². The van der Waals surface area contributed by atoms with Crippen molar-refractivity contribution < 1.29 is 4.79 Å². The summed E-state index contributed by atoms with van der Waals surface area (Å²) < 4.78 is 0.984. The molecule has 0 aromatic heterocycles. The van der Waals surface area contributed by atoms with Crippen LogP contribution in [0.5, 0.6) is 0 Å². The van der Waals surface area contributed by atoms with Crippen LogP contribution in [0.2, 0.25) is 0 Å². The summed E-state index contributed by atoms with van der Waals surface area (Å²) >= 11 is 3.51. The highest BCUT2D eigenvalue weighted by Crippen LogP contribution is 2.30. The van der Waals surface area contributed by atoms with Crippen LogP contribution in [0.15, 0.2) is 22.7 Å². The maximum atomic E-state index is 12.0. The highest BCUT2D eigenvalue weighted by atomic mass is 79.9. The number of carbonyl (C=O) groups excluding carboxylic acids is 1. The SMILES string of the molecule is CNC1CCN(c2ccc(C)cc2Br)C1=O. The Morgan fingerprint density at radius 3 is 2.81 bits per heavy atom. The minimum atomic E-state index is -0.0341. The lowest BCUT2D eigenvalue weighted by Crippen LogP contribution is -2.36. The topological polar surface area (TPSA) is 32.3 Å². The number of benzene rings is 1. The van der Waals surface area contributed by atoms with Crippen LogP contribution in [-0.2, 0) is 4.79 Å². The Labute approximate surface area is 104 Å². The van der Waals surface area contributed by atoms with Gasteiger partial charge in [-0.1, -0.05) is 6.07 Å². The Morgan fingerprint density at radius 2 is 2.25 bits per heavy atom. The summed E-state index contributed by atoms with van der Waals surface area (Å²) in [6.07, 6.45) is 0.871. The molecule has 86 valence electrons. The molecule has 16 heavy (non-hydrogen) atoms. The summed E-state index contributed by atoms with van der Waals surface area (Å²) in [6, 6.07) is 6.03. The third kappa shape index (κ3) is 1.99. The summed E-state index contributed by atoms with van der Waals surface area (Å²) in [5, 5.41) is 3.04. The summed E-state index contributed by atoms with van der Waals surface area (Å²) in [6.45, 7) is 2.82. The first kappa shape index (κ1) is 11.6. The number of nitrogens with one attached hydrogen (secondary N) is 1. The van der Waals surface area contributed by atoms with Crippen LogP contribution in [-0.4, -0.2) is 25.5 Å². The Bertz CT molecular complexity index is 419. The van der Waals surface area contributed by atoms with Crippen LogP contribution in [0.3, 0.4) is 0 Å². The van der Waals surface area contributed by atoms with Gasteiger partial charge in [-0.2, -0.15) is 0 Å². The Hall–Kier alpha value is -0.870. The number of nitrogens with zero attached hydrogens (tertiary/aromatic N) is 1. The zero-order valence-electron chi connectivity index (χ0n) is 9.46. The van der Waals surface area contributed by atoms with Gasteiger partial charge in [-0.25, -0.2) is 0 Å². The number of anilines is 1. The third-order valence-corrected chi connectivity index (χ3v) is 3.58. The first-order chi connectivity index (χ1) is 7.63. The lowest BCUT2D eigenvalue weighted by Gasteiger charge is -2.18. The van der Waals surface area contributed by atoms with Crippen LogP contribution >= 0.6 is 15.9 Å². The van der Waals surface area contributed by atoms with Crippen molar-refractivity contribution in [2.45, 2.75) is 19.4 Å². The van der Waals surface area contributed by atoms with Gasteiger partial charge in [0.1, 0.15) is 0 Å². The highest BCUT2D eigenvalue weighted by Gasteiger charge is 2.31. The molecule has 1 amide bonds. The van der Waals surface area contributed by atoms with Gasteiger partial charge in [-0.3, -0.25) is 4.79 Å². The van der Waals surface area contributed by atoms with Crippen molar-refractivity contribution in [3.05, 3.63) is 28.2 Å². The van der Waals surface area contributed by atoms with E-state index in [1.54, 1.807) is 0 Å². The molecule has 1 unspecified atom stereocenters. The van der Waals surface area contributed by atoms with Crippen LogP contribution < -0.4 is 10.2 Å². The van der Waals surface area contributed by atoms with E-state index in [2.05, 4.69) is 21.2 Å². The molecule has 1 aliphatic heterocycles. The van der Waals surface area contributed by atoms with Gasteiger partial charge in [-0.15, -0.1) is 0 Å². The molecule has 0 radical (unpaired) electrons. The molecule has 1 atom stereocenters. The fourth-order valence-electron chi connectivity index (χ4n) is 2.02. The van der Waals surface area contributed by atoms with Crippen molar-refractivity contribution in [2.24, 2.45) is 0 Å². The molecule has 0 saturated carbocycles. The maximum Gasteiger partial charge on any atom is 0.244 e. The minimum absolute atomic E-state index is 0.0341. The summed E-state index contributed by atoms with van der Waals surface area (Å²) in [5.74, 6) is 0.159. The van der Waals surface area contributed by atoms with E-state index in [1.807, 2.05) is 37.1 Å². The van der Waals surface area contributed by atoms with Crippen molar-refractivity contribution in [3.8, 4) is 0 Å². The predicted molar refractivity (Wildman–Crippen MR) is 68.7 cm³/mol. The average molecular weight is 283 g/mol. The van der Waals surface area contributed by atoms with E-state index in [0.29, 0.717) is 0 Å². The van der Waals surface area contributed by atoms with Gasteiger partial charge in [0.15, 0.2) is 0 Å². The van der Waals surface area contributed by atoms with E-state index in [-0.39, 0.29) is 11.9 Å². The lowest BCUT2D eigenvalue weighted by molar-refractivity contribution is -0.118. The molecule has 1 aromatic carbocycles. The van der Waals surface area contributed by atoms with Gasteiger partial charge in [-0.05, 0) is 54.0 Å². The molecule has 1 fully saturated rings. The van der Waals surface area contributed by atoms with E-state index < -0.39 is 0 Å². The second-order valence-electron chi connectivity index (χ2n) is 4.07. The molecular weight excluding hydrogens is 268 g/mol. The van der Waals surface area contributed by atoms with E-state index in [4.69, 9.17) is 0 Å². The molecule has 4 heteroatoms. The number of aryl methyl sites for hydroxylation is 1. The minimum Gasteiger partial charge on any atom is -0.310 e. The fraction of sp³-hybridized carbons (Fsp3) is 0.417. The maximum absolute atomic E-state index is 12.0. The number of carbonyl (C=O) groups is 1. The molecule has 3 nitrogen and oxygen atoms in total. The fourth-order valence-corrected chi connectivity index (χ4v) is 2.73. The van der Waals surface area contributed by atoms with Gasteiger partial charge in [0.25, 0.3) is 0 Å². The van der Waals surface area contributed by atoms with E-state index >= 15 is 0 Å². The zero-order chi connectivity index (χ0) is 11.7. The van der Waals surface area contributed by atoms with Crippen LogP contribution in [0, 0.1) is 6.92 Å². The zero-order valence-corrected chi connectivity index (χ0v) is 11.0. The standard InChI is InChI=1S/C12H15BrN2O/c1-8-3-4-11(9(13)7-8)15-6-5-10(14-2)12(15)16/h3-4,7,10,14H,5-6H2,1-2H3. The summed E-state index contributed by atoms with van der Waals surface area (Å²) in [4.78, 5) is 13.9. The number of amides is 1. The number of likely N-dealkylation sites (N-methyl/N-ethyl adjacent to an activating group) is 1. The number of rotatable bonds is 2. The van der Waals surface area contributed by atoms with E-state index in [9.17, 15) is 4.79 Å². The van der Waals surface area contributed by atoms with Crippen LogP contribution in [0.25, 0.3) is 0 Å². The second kappa shape index (κ2) is 4.55. The van der Waals surface area contributed by atoms with Crippen LogP contribution in [0.1, 0.15) is 12.0 Å². The molecule has 0 aliphatic carbocycles. The Morgan fingerprint density at radius 1 is 1.50 bits per heavy atom. The molecule has 1 heterocycles. The predicted octanol–water partition coefficient (Wildman–Crippen LogP) is 2.08. The first-order valence-corrected chi connectivity index (χ1v) is 6.17. The largest absolute Gasteiger partial charge is 0.310 e. The number of halogens is 1. The highest BCUT2D eigenvalue weighted by molar-refractivity contribution is 9.10. The molecule has 1 aromatic rings. The number of hydrogen-bond donors (Lipinski definition) is 1.